The Labute approximate surface area is 251 Å². The van der Waals surface area contributed by atoms with Gasteiger partial charge in [-0.3, -0.25) is 14.4 Å². The number of likely N-dealkylation sites (N-methyl/N-ethyl adjacent to an activating group) is 1. The zero-order valence-electron chi connectivity index (χ0n) is 24.0. The summed E-state index contributed by atoms with van der Waals surface area (Å²) in [5, 5.41) is 11.0. The van der Waals surface area contributed by atoms with E-state index in [1.165, 1.54) is 40.8 Å². The molecule has 1 N–H and O–H groups in total. The molecule has 4 aromatic rings. The first kappa shape index (κ1) is 28.4. The van der Waals surface area contributed by atoms with Crippen molar-refractivity contribution in [3.63, 3.8) is 0 Å². The lowest BCUT2D eigenvalue weighted by Crippen LogP contribution is -2.66. The van der Waals surface area contributed by atoms with Crippen LogP contribution in [0.1, 0.15) is 26.8 Å². The van der Waals surface area contributed by atoms with Crippen molar-refractivity contribution < 1.29 is 19.1 Å². The first-order valence-electron chi connectivity index (χ1n) is 13.7. The average Bonchev–Trinajstić information content (AvgIpc) is 3.45. The monoisotopic (exact) mass is 605 g/mol. The molecule has 1 saturated heterocycles. The Bertz CT molecular complexity index is 1880. The zero-order valence-corrected chi connectivity index (χ0v) is 24.7. The molecular weight excluding hydrogens is 577 g/mol. The molecule has 2 aliphatic heterocycles. The van der Waals surface area contributed by atoms with E-state index in [0.29, 0.717) is 11.1 Å². The molecule has 0 unspecified atom stereocenters. The number of benzene rings is 1. The van der Waals surface area contributed by atoms with Crippen LogP contribution in [0.15, 0.2) is 54.1 Å². The summed E-state index contributed by atoms with van der Waals surface area (Å²) >= 11 is 6.77. The molecule has 43 heavy (non-hydrogen) atoms. The summed E-state index contributed by atoms with van der Waals surface area (Å²) in [5.41, 5.74) is -0.220. The second kappa shape index (κ2) is 10.2. The first-order chi connectivity index (χ1) is 20.5. The maximum absolute atomic E-state index is 15.1. The number of halogens is 2. The molecule has 5 heterocycles. The van der Waals surface area contributed by atoms with Gasteiger partial charge in [-0.2, -0.15) is 0 Å². The van der Waals surface area contributed by atoms with Gasteiger partial charge in [0.15, 0.2) is 5.65 Å². The quantitative estimate of drug-likeness (QED) is 0.351. The highest BCUT2D eigenvalue weighted by Crippen LogP contribution is 2.45. The van der Waals surface area contributed by atoms with Crippen LogP contribution in [-0.4, -0.2) is 73.1 Å². The van der Waals surface area contributed by atoms with Crippen LogP contribution in [0.4, 0.5) is 15.8 Å². The van der Waals surface area contributed by atoms with Crippen molar-refractivity contribution in [3.8, 4) is 23.0 Å². The van der Waals surface area contributed by atoms with Gasteiger partial charge in [0, 0.05) is 43.5 Å². The Kier molecular flexibility index (Phi) is 6.76. The van der Waals surface area contributed by atoms with E-state index >= 15 is 4.39 Å². The smallest absolute Gasteiger partial charge is 0.285 e. The number of amides is 2. The average molecular weight is 606 g/mol. The molecule has 1 aromatic carbocycles. The van der Waals surface area contributed by atoms with Gasteiger partial charge in [0.2, 0.25) is 11.9 Å². The lowest BCUT2D eigenvalue weighted by molar-refractivity contribution is -0.129. The first-order valence-corrected chi connectivity index (χ1v) is 14.1. The van der Waals surface area contributed by atoms with Gasteiger partial charge in [-0.1, -0.05) is 24.2 Å². The summed E-state index contributed by atoms with van der Waals surface area (Å²) in [6.45, 7) is 9.66. The van der Waals surface area contributed by atoms with Crippen LogP contribution >= 0.6 is 11.6 Å². The third kappa shape index (κ3) is 4.19. The number of aromatic nitrogens is 4. The number of carbonyl (C=O) groups excluding carboxylic acids is 2. The highest BCUT2D eigenvalue weighted by molar-refractivity contribution is 6.34. The van der Waals surface area contributed by atoms with Crippen LogP contribution in [0.2, 0.25) is 5.02 Å². The van der Waals surface area contributed by atoms with Crippen LogP contribution in [0.25, 0.3) is 28.2 Å². The third-order valence-electron chi connectivity index (χ3n) is 8.07. The Morgan fingerprint density at radius 3 is 2.65 bits per heavy atom. The summed E-state index contributed by atoms with van der Waals surface area (Å²) in [4.78, 5) is 54.8. The van der Waals surface area contributed by atoms with E-state index in [-0.39, 0.29) is 76.3 Å². The van der Waals surface area contributed by atoms with Gasteiger partial charge < -0.3 is 24.4 Å². The van der Waals surface area contributed by atoms with E-state index in [2.05, 4.69) is 11.6 Å². The van der Waals surface area contributed by atoms with E-state index in [0.717, 1.165) is 0 Å². The van der Waals surface area contributed by atoms with Gasteiger partial charge >= 0.3 is 0 Å². The number of phenols is 1. The number of aromatic hydroxyl groups is 1. The summed E-state index contributed by atoms with van der Waals surface area (Å²) in [5.74, 6) is -1.53. The largest absolute Gasteiger partial charge is 0.507 e. The minimum atomic E-state index is -0.796. The Balaban J connectivity index is 1.73. The molecule has 6 rings (SSSR count). The normalized spacial score (nSPS) is 18.3. The van der Waals surface area contributed by atoms with E-state index < -0.39 is 17.4 Å². The predicted molar refractivity (Wildman–Crippen MR) is 161 cm³/mol. The highest BCUT2D eigenvalue weighted by Gasteiger charge is 2.46. The standard InChI is InChI=1S/C30H29ClFN7O4/c1-6-22(41)36-13-16(4)38-20(14-36)28(42)35(5)26-25(38)17-12-18(31)24(23-19(32)8-7-9-21(23)40)34-27(17)39(29(26)43)30-33-10-11-37(30)15(2)3/h6-12,15-16,20,40H,1,13-14H2,2-5H3/t16-,20+/m0/s1. The van der Waals surface area contributed by atoms with E-state index in [9.17, 15) is 19.5 Å². The topological polar surface area (TPSA) is 117 Å². The van der Waals surface area contributed by atoms with E-state index in [1.54, 1.807) is 27.9 Å². The fourth-order valence-electron chi connectivity index (χ4n) is 6.11. The molecule has 13 heteroatoms. The summed E-state index contributed by atoms with van der Waals surface area (Å²) in [6, 6.07) is 4.15. The van der Waals surface area contributed by atoms with Gasteiger partial charge in [0.1, 0.15) is 23.3 Å². The molecule has 0 aliphatic carbocycles. The predicted octanol–water partition coefficient (Wildman–Crippen LogP) is 3.90. The SMILES string of the molecule is C=CC(=O)N1C[C@@H]2C(=O)N(C)c3c(c4cc(Cl)c(-c5c(O)cccc5F)nc4n(-c4nccn4C(C)C)c3=O)N2[C@@H](C)C1. The molecule has 3 aromatic heterocycles. The van der Waals surface area contributed by atoms with Crippen molar-refractivity contribution in [1.29, 1.82) is 0 Å². The molecule has 2 amide bonds. The number of nitrogens with zero attached hydrogens (tertiary/aromatic N) is 7. The molecule has 2 aliphatic rings. The number of rotatable bonds is 4. The number of hydrogen-bond acceptors (Lipinski definition) is 7. The molecule has 1 fully saturated rings. The molecule has 0 spiro atoms. The van der Waals surface area contributed by atoms with Crippen molar-refractivity contribution >= 4 is 45.8 Å². The van der Waals surface area contributed by atoms with E-state index in [1.807, 2.05) is 25.7 Å². The number of pyridine rings is 2. The number of fused-ring (bicyclic) bond motifs is 5. The van der Waals surface area contributed by atoms with Crippen LogP contribution < -0.4 is 15.4 Å². The van der Waals surface area contributed by atoms with Crippen LogP contribution in [0, 0.1) is 5.82 Å². The van der Waals surface area contributed by atoms with Crippen molar-refractivity contribution in [2.24, 2.45) is 0 Å². The maximum atomic E-state index is 15.1. The van der Waals surface area contributed by atoms with E-state index in [4.69, 9.17) is 16.6 Å². The minimum Gasteiger partial charge on any atom is -0.507 e. The van der Waals surface area contributed by atoms with Crippen LogP contribution in [0.3, 0.4) is 0 Å². The van der Waals surface area contributed by atoms with Crippen LogP contribution in [-0.2, 0) is 9.59 Å². The molecule has 11 nitrogen and oxygen atoms in total. The number of anilines is 2. The number of imidazole rings is 1. The molecular formula is C30H29ClFN7O4. The molecule has 0 radical (unpaired) electrons. The van der Waals surface area contributed by atoms with Crippen molar-refractivity contribution in [2.45, 2.75) is 38.9 Å². The zero-order chi connectivity index (χ0) is 30.9. The fourth-order valence-corrected chi connectivity index (χ4v) is 6.36. The Hall–Kier alpha value is -4.71. The molecule has 2 atom stereocenters. The van der Waals surface area contributed by atoms with Gasteiger partial charge in [-0.05, 0) is 45.0 Å². The second-order valence-electron chi connectivity index (χ2n) is 11.0. The number of carbonyl (C=O) groups is 2. The Morgan fingerprint density at radius 1 is 1.23 bits per heavy atom. The lowest BCUT2D eigenvalue weighted by atomic mass is 9.97. The minimum absolute atomic E-state index is 0.0247. The lowest BCUT2D eigenvalue weighted by Gasteiger charge is -2.50. The number of phenolic OH excluding ortho intramolecular Hbond substituents is 1. The third-order valence-corrected chi connectivity index (χ3v) is 8.36. The summed E-state index contributed by atoms with van der Waals surface area (Å²) < 4.78 is 18.1. The van der Waals surface area contributed by atoms with Gasteiger partial charge in [0.05, 0.1) is 28.5 Å². The van der Waals surface area contributed by atoms with Crippen molar-refractivity contribution in [1.82, 2.24) is 24.0 Å². The second-order valence-corrected chi connectivity index (χ2v) is 11.4. The highest BCUT2D eigenvalue weighted by atomic mass is 35.5. The van der Waals surface area contributed by atoms with Crippen molar-refractivity contribution in [3.05, 3.63) is 70.5 Å². The molecule has 0 bridgehead atoms. The van der Waals surface area contributed by atoms with Gasteiger partial charge in [-0.15, -0.1) is 0 Å². The van der Waals surface area contributed by atoms with Crippen molar-refractivity contribution in [2.75, 3.05) is 29.9 Å². The van der Waals surface area contributed by atoms with Gasteiger partial charge in [0.25, 0.3) is 11.5 Å². The summed E-state index contributed by atoms with van der Waals surface area (Å²) in [7, 11) is 1.52. The fraction of sp³-hybridized carbons (Fsp3) is 0.300. The Morgan fingerprint density at radius 2 is 1.98 bits per heavy atom. The number of piperazine rings is 1. The van der Waals surface area contributed by atoms with Crippen LogP contribution in [0.5, 0.6) is 5.75 Å². The maximum Gasteiger partial charge on any atom is 0.285 e. The molecule has 0 saturated carbocycles. The molecule has 222 valence electrons. The number of hydrogen-bond donors (Lipinski definition) is 1. The van der Waals surface area contributed by atoms with Gasteiger partial charge in [-0.25, -0.2) is 18.9 Å². The summed E-state index contributed by atoms with van der Waals surface area (Å²) in [6.07, 6.45) is 4.48.